The van der Waals surface area contributed by atoms with Crippen molar-refractivity contribution in [2.75, 3.05) is 32.8 Å². The van der Waals surface area contributed by atoms with E-state index in [1.165, 1.54) is 11.3 Å². The van der Waals surface area contributed by atoms with Gasteiger partial charge in [0.1, 0.15) is 4.21 Å². The van der Waals surface area contributed by atoms with Crippen molar-refractivity contribution >= 4 is 27.3 Å². The van der Waals surface area contributed by atoms with Crippen LogP contribution in [0.1, 0.15) is 33.1 Å². The van der Waals surface area contributed by atoms with Crippen molar-refractivity contribution in [3.63, 3.8) is 0 Å². The summed E-state index contributed by atoms with van der Waals surface area (Å²) in [5.41, 5.74) is 0. The molecule has 25 heavy (non-hydrogen) atoms. The van der Waals surface area contributed by atoms with Gasteiger partial charge >= 0.3 is 0 Å². The zero-order valence-corrected chi connectivity index (χ0v) is 16.6. The van der Waals surface area contributed by atoms with E-state index in [1.807, 2.05) is 13.8 Å². The molecule has 0 aliphatic carbocycles. The number of sulfonamides is 1. The highest BCUT2D eigenvalue weighted by atomic mass is 32.2. The van der Waals surface area contributed by atoms with Crippen LogP contribution in [0.2, 0.25) is 0 Å². The Bertz CT molecular complexity index is 623. The summed E-state index contributed by atoms with van der Waals surface area (Å²) in [5, 5.41) is 4.73. The first-order valence-corrected chi connectivity index (χ1v) is 11.2. The Labute approximate surface area is 154 Å². The Hall–Kier alpha value is -0.960. The van der Waals surface area contributed by atoms with Crippen LogP contribution in [0.5, 0.6) is 0 Å². The van der Waals surface area contributed by atoms with Crippen LogP contribution in [0.15, 0.2) is 21.7 Å². The molecule has 1 atom stereocenters. The van der Waals surface area contributed by atoms with Gasteiger partial charge in [0.25, 0.3) is 10.0 Å². The number of thiophene rings is 1. The van der Waals surface area contributed by atoms with Gasteiger partial charge in [-0.1, -0.05) is 13.0 Å². The molecule has 1 amide bonds. The summed E-state index contributed by atoms with van der Waals surface area (Å²) in [5.74, 6) is 0.177. The maximum atomic E-state index is 12.5. The molecule has 0 radical (unpaired) electrons. The van der Waals surface area contributed by atoms with Gasteiger partial charge in [-0.25, -0.2) is 8.42 Å². The molecule has 1 N–H and O–H groups in total. The molecule has 1 aliphatic heterocycles. The number of amides is 1. The Balaban J connectivity index is 1.78. The molecule has 2 rings (SSSR count). The maximum absolute atomic E-state index is 12.5. The minimum absolute atomic E-state index is 0.0519. The molecule has 1 aromatic rings. The van der Waals surface area contributed by atoms with Crippen LogP contribution in [0, 0.1) is 11.8 Å². The molecule has 142 valence electrons. The lowest BCUT2D eigenvalue weighted by molar-refractivity contribution is -0.126. The number of carbonyl (C=O) groups is 1. The predicted molar refractivity (Wildman–Crippen MR) is 99.1 cm³/mol. The summed E-state index contributed by atoms with van der Waals surface area (Å²) < 4.78 is 32.3. The molecule has 2 heterocycles. The Morgan fingerprint density at radius 3 is 2.76 bits per heavy atom. The van der Waals surface area contributed by atoms with E-state index in [2.05, 4.69) is 5.32 Å². The summed E-state index contributed by atoms with van der Waals surface area (Å²) in [6.45, 7) is 6.81. The molecule has 1 fully saturated rings. The third kappa shape index (κ3) is 5.51. The molecule has 0 unspecified atom stereocenters. The van der Waals surface area contributed by atoms with Crippen molar-refractivity contribution in [2.45, 2.75) is 37.3 Å². The lowest BCUT2D eigenvalue weighted by Crippen LogP contribution is -2.42. The van der Waals surface area contributed by atoms with E-state index in [1.54, 1.807) is 21.8 Å². The topological polar surface area (TPSA) is 75.7 Å². The van der Waals surface area contributed by atoms with E-state index in [-0.39, 0.29) is 17.7 Å². The van der Waals surface area contributed by atoms with Crippen LogP contribution in [0.3, 0.4) is 0 Å². The number of rotatable bonds is 9. The first-order chi connectivity index (χ1) is 12.0. The summed E-state index contributed by atoms with van der Waals surface area (Å²) in [4.78, 5) is 12.3. The van der Waals surface area contributed by atoms with E-state index >= 15 is 0 Å². The van der Waals surface area contributed by atoms with Gasteiger partial charge in [0.15, 0.2) is 0 Å². The number of hydrogen-bond donors (Lipinski definition) is 1. The molecule has 0 spiro atoms. The van der Waals surface area contributed by atoms with Crippen LogP contribution in [-0.2, 0) is 19.6 Å². The average Bonchev–Trinajstić information content (AvgIpc) is 3.16. The second-order valence-electron chi connectivity index (χ2n) is 6.30. The highest BCUT2D eigenvalue weighted by Gasteiger charge is 2.33. The normalized spacial score (nSPS) is 18.2. The Morgan fingerprint density at radius 2 is 2.16 bits per heavy atom. The lowest BCUT2D eigenvalue weighted by Gasteiger charge is -2.33. The van der Waals surface area contributed by atoms with Crippen molar-refractivity contribution in [1.29, 1.82) is 0 Å². The summed E-state index contributed by atoms with van der Waals surface area (Å²) in [7, 11) is -3.37. The van der Waals surface area contributed by atoms with Gasteiger partial charge in [0.2, 0.25) is 5.91 Å². The molecule has 0 saturated carbocycles. The van der Waals surface area contributed by atoms with Crippen molar-refractivity contribution in [1.82, 2.24) is 9.62 Å². The van der Waals surface area contributed by atoms with Crippen LogP contribution in [0.25, 0.3) is 0 Å². The molecular weight excluding hydrogens is 360 g/mol. The number of carbonyl (C=O) groups excluding carboxylic acids is 1. The second-order valence-corrected chi connectivity index (χ2v) is 9.42. The highest BCUT2D eigenvalue weighted by Crippen LogP contribution is 2.29. The third-order valence-corrected chi connectivity index (χ3v) is 7.95. The molecule has 8 heteroatoms. The number of hydrogen-bond acceptors (Lipinski definition) is 5. The fourth-order valence-electron chi connectivity index (χ4n) is 3.06. The minimum atomic E-state index is -3.37. The SMILES string of the molecule is CCOCCCNC(=O)[C@@H](C)C1CCN(S(=O)(=O)c2cccs2)CC1. The summed E-state index contributed by atoms with van der Waals surface area (Å²) in [6.07, 6.45) is 2.25. The highest BCUT2D eigenvalue weighted by molar-refractivity contribution is 7.91. The quantitative estimate of drug-likeness (QED) is 0.659. The van der Waals surface area contributed by atoms with Gasteiger partial charge in [-0.2, -0.15) is 4.31 Å². The molecule has 0 aromatic carbocycles. The lowest BCUT2D eigenvalue weighted by atomic mass is 9.85. The van der Waals surface area contributed by atoms with Gasteiger partial charge in [0.05, 0.1) is 0 Å². The average molecular weight is 389 g/mol. The van der Waals surface area contributed by atoms with Crippen molar-refractivity contribution in [2.24, 2.45) is 11.8 Å². The fraction of sp³-hybridized carbons (Fsp3) is 0.706. The van der Waals surface area contributed by atoms with Crippen LogP contribution in [-0.4, -0.2) is 51.5 Å². The summed E-state index contributed by atoms with van der Waals surface area (Å²) >= 11 is 1.25. The first-order valence-electron chi connectivity index (χ1n) is 8.86. The van der Waals surface area contributed by atoms with Crippen LogP contribution < -0.4 is 5.32 Å². The zero-order valence-electron chi connectivity index (χ0n) is 14.9. The smallest absolute Gasteiger partial charge is 0.252 e. The third-order valence-electron chi connectivity index (χ3n) is 4.68. The first kappa shape index (κ1) is 20.4. The minimum Gasteiger partial charge on any atom is -0.382 e. The second kappa shape index (κ2) is 9.66. The largest absolute Gasteiger partial charge is 0.382 e. The molecule has 1 aromatic heterocycles. The number of nitrogens with zero attached hydrogens (tertiary/aromatic N) is 1. The zero-order chi connectivity index (χ0) is 18.3. The van der Waals surface area contributed by atoms with Gasteiger partial charge in [-0.05, 0) is 43.6 Å². The standard InChI is InChI=1S/C17H28N2O4S2/c1-3-23-12-5-9-18-17(20)14(2)15-7-10-19(11-8-15)25(21,22)16-6-4-13-24-16/h4,6,13-15H,3,5,7-12H2,1-2H3,(H,18,20)/t14-/m0/s1. The van der Waals surface area contributed by atoms with Crippen molar-refractivity contribution in [3.8, 4) is 0 Å². The Morgan fingerprint density at radius 1 is 1.44 bits per heavy atom. The Kier molecular flexibility index (Phi) is 7.86. The maximum Gasteiger partial charge on any atom is 0.252 e. The van der Waals surface area contributed by atoms with E-state index < -0.39 is 10.0 Å². The van der Waals surface area contributed by atoms with Gasteiger partial charge in [0, 0.05) is 38.8 Å². The molecule has 6 nitrogen and oxygen atoms in total. The van der Waals surface area contributed by atoms with E-state index in [0.29, 0.717) is 37.1 Å². The van der Waals surface area contributed by atoms with E-state index in [0.717, 1.165) is 19.3 Å². The van der Waals surface area contributed by atoms with Crippen molar-refractivity contribution in [3.05, 3.63) is 17.5 Å². The van der Waals surface area contributed by atoms with Gasteiger partial charge in [-0.3, -0.25) is 4.79 Å². The molecular formula is C17H28N2O4S2. The van der Waals surface area contributed by atoms with Gasteiger partial charge in [-0.15, -0.1) is 11.3 Å². The van der Waals surface area contributed by atoms with Crippen LogP contribution in [0.4, 0.5) is 0 Å². The van der Waals surface area contributed by atoms with E-state index in [9.17, 15) is 13.2 Å². The van der Waals surface area contributed by atoms with E-state index in [4.69, 9.17) is 4.74 Å². The number of piperidine rings is 1. The number of ether oxygens (including phenoxy) is 1. The fourth-order valence-corrected chi connectivity index (χ4v) is 5.67. The van der Waals surface area contributed by atoms with Crippen LogP contribution >= 0.6 is 11.3 Å². The number of nitrogens with one attached hydrogen (secondary N) is 1. The van der Waals surface area contributed by atoms with Gasteiger partial charge < -0.3 is 10.1 Å². The molecule has 1 saturated heterocycles. The molecule has 0 bridgehead atoms. The predicted octanol–water partition coefficient (Wildman–Crippen LogP) is 2.33. The van der Waals surface area contributed by atoms with Crippen molar-refractivity contribution < 1.29 is 17.9 Å². The monoisotopic (exact) mass is 388 g/mol. The summed E-state index contributed by atoms with van der Waals surface area (Å²) in [6, 6.07) is 3.40. The molecule has 1 aliphatic rings.